The minimum Gasteiger partial charge on any atom is -0.366 e. The molecular formula is C15H17FN2. The highest BCUT2D eigenvalue weighted by Crippen LogP contribution is 2.24. The van der Waals surface area contributed by atoms with Crippen molar-refractivity contribution >= 4 is 5.69 Å². The van der Waals surface area contributed by atoms with Crippen molar-refractivity contribution in [2.75, 3.05) is 18.5 Å². The molecule has 2 rings (SSSR count). The predicted octanol–water partition coefficient (Wildman–Crippen LogP) is 2.96. The monoisotopic (exact) mass is 244 g/mol. The molecule has 2 aromatic rings. The molecule has 0 bridgehead atoms. The van der Waals surface area contributed by atoms with Crippen molar-refractivity contribution in [2.45, 2.75) is 6.04 Å². The number of nitrogens with two attached hydrogens (primary N) is 1. The molecule has 0 aliphatic heterocycles. The first-order valence-electron chi connectivity index (χ1n) is 5.96. The van der Waals surface area contributed by atoms with E-state index in [1.807, 2.05) is 25.2 Å². The second-order valence-electron chi connectivity index (χ2n) is 4.25. The summed E-state index contributed by atoms with van der Waals surface area (Å²) < 4.78 is 12.9. The summed E-state index contributed by atoms with van der Waals surface area (Å²) in [6.45, 7) is 0.512. The van der Waals surface area contributed by atoms with Gasteiger partial charge in [0.2, 0.25) is 0 Å². The van der Waals surface area contributed by atoms with Gasteiger partial charge >= 0.3 is 0 Å². The summed E-state index contributed by atoms with van der Waals surface area (Å²) in [5.41, 5.74) is 7.97. The Bertz CT molecular complexity index is 482. The number of likely N-dealkylation sites (N-methyl/N-ethyl adjacent to an activating group) is 1. The van der Waals surface area contributed by atoms with Crippen LogP contribution in [0.5, 0.6) is 0 Å². The number of benzene rings is 2. The highest BCUT2D eigenvalue weighted by molar-refractivity contribution is 5.48. The SMILES string of the molecule is CN(c1ccc(F)cc1)C(CN)c1ccccc1. The van der Waals surface area contributed by atoms with Gasteiger partial charge in [0.1, 0.15) is 5.82 Å². The molecular weight excluding hydrogens is 227 g/mol. The molecule has 1 atom stereocenters. The van der Waals surface area contributed by atoms with Crippen LogP contribution < -0.4 is 10.6 Å². The number of anilines is 1. The molecule has 0 aliphatic rings. The van der Waals surface area contributed by atoms with Crippen LogP contribution in [0.2, 0.25) is 0 Å². The third-order valence-electron chi connectivity index (χ3n) is 3.11. The Balaban J connectivity index is 2.25. The Hall–Kier alpha value is -1.87. The Labute approximate surface area is 107 Å². The fraction of sp³-hybridized carbons (Fsp3) is 0.200. The number of hydrogen-bond donors (Lipinski definition) is 1. The van der Waals surface area contributed by atoms with Crippen molar-refractivity contribution in [3.8, 4) is 0 Å². The average molecular weight is 244 g/mol. The van der Waals surface area contributed by atoms with Gasteiger partial charge in [-0.1, -0.05) is 30.3 Å². The van der Waals surface area contributed by atoms with E-state index in [9.17, 15) is 4.39 Å². The zero-order valence-electron chi connectivity index (χ0n) is 10.4. The molecule has 0 aromatic heterocycles. The quantitative estimate of drug-likeness (QED) is 0.896. The lowest BCUT2D eigenvalue weighted by molar-refractivity contribution is 0.626. The zero-order valence-corrected chi connectivity index (χ0v) is 10.4. The Kier molecular flexibility index (Phi) is 3.95. The van der Waals surface area contributed by atoms with E-state index in [2.05, 4.69) is 17.0 Å². The van der Waals surface area contributed by atoms with Gasteiger partial charge in [-0.2, -0.15) is 0 Å². The van der Waals surface area contributed by atoms with E-state index in [0.29, 0.717) is 6.54 Å². The van der Waals surface area contributed by atoms with Crippen LogP contribution in [-0.2, 0) is 0 Å². The van der Waals surface area contributed by atoms with E-state index in [1.165, 1.54) is 12.1 Å². The van der Waals surface area contributed by atoms with Gasteiger partial charge in [-0.05, 0) is 29.8 Å². The van der Waals surface area contributed by atoms with Gasteiger partial charge in [0.25, 0.3) is 0 Å². The molecule has 0 radical (unpaired) electrons. The van der Waals surface area contributed by atoms with E-state index in [0.717, 1.165) is 11.3 Å². The van der Waals surface area contributed by atoms with Crippen molar-refractivity contribution in [3.05, 3.63) is 66.0 Å². The number of hydrogen-bond acceptors (Lipinski definition) is 2. The maximum Gasteiger partial charge on any atom is 0.123 e. The highest BCUT2D eigenvalue weighted by atomic mass is 19.1. The zero-order chi connectivity index (χ0) is 13.0. The fourth-order valence-corrected chi connectivity index (χ4v) is 2.05. The van der Waals surface area contributed by atoms with Gasteiger partial charge in [0, 0.05) is 19.3 Å². The number of rotatable bonds is 4. The highest BCUT2D eigenvalue weighted by Gasteiger charge is 2.15. The molecule has 0 aliphatic carbocycles. The van der Waals surface area contributed by atoms with Gasteiger partial charge in [0.15, 0.2) is 0 Å². The van der Waals surface area contributed by atoms with Crippen LogP contribution in [0.1, 0.15) is 11.6 Å². The lowest BCUT2D eigenvalue weighted by atomic mass is 10.1. The molecule has 0 saturated heterocycles. The molecule has 0 amide bonds. The summed E-state index contributed by atoms with van der Waals surface area (Å²) in [7, 11) is 1.97. The maximum absolute atomic E-state index is 12.9. The van der Waals surface area contributed by atoms with Crippen molar-refractivity contribution in [1.29, 1.82) is 0 Å². The molecule has 3 heteroatoms. The van der Waals surface area contributed by atoms with E-state index >= 15 is 0 Å². The number of halogens is 1. The number of nitrogens with zero attached hydrogens (tertiary/aromatic N) is 1. The minimum absolute atomic E-state index is 0.0941. The molecule has 0 saturated carbocycles. The van der Waals surface area contributed by atoms with Crippen LogP contribution in [0.15, 0.2) is 54.6 Å². The summed E-state index contributed by atoms with van der Waals surface area (Å²) in [6.07, 6.45) is 0. The Morgan fingerprint density at radius 3 is 2.22 bits per heavy atom. The second-order valence-corrected chi connectivity index (χ2v) is 4.25. The largest absolute Gasteiger partial charge is 0.366 e. The molecule has 2 N–H and O–H groups in total. The van der Waals surface area contributed by atoms with Crippen LogP contribution in [0.4, 0.5) is 10.1 Å². The third-order valence-corrected chi connectivity index (χ3v) is 3.11. The molecule has 94 valence electrons. The first-order chi connectivity index (χ1) is 8.72. The van der Waals surface area contributed by atoms with E-state index in [-0.39, 0.29) is 11.9 Å². The molecule has 18 heavy (non-hydrogen) atoms. The summed E-state index contributed by atoms with van der Waals surface area (Å²) in [5, 5.41) is 0. The predicted molar refractivity (Wildman–Crippen MR) is 73.0 cm³/mol. The first-order valence-corrected chi connectivity index (χ1v) is 5.96. The summed E-state index contributed by atoms with van der Waals surface area (Å²) in [6, 6.07) is 16.6. The lowest BCUT2D eigenvalue weighted by Crippen LogP contribution is -2.30. The molecule has 2 nitrogen and oxygen atoms in total. The van der Waals surface area contributed by atoms with Crippen LogP contribution in [0.25, 0.3) is 0 Å². The topological polar surface area (TPSA) is 29.3 Å². The normalized spacial score (nSPS) is 12.2. The van der Waals surface area contributed by atoms with Crippen molar-refractivity contribution in [1.82, 2.24) is 0 Å². The first kappa shape index (κ1) is 12.6. The standard InChI is InChI=1S/C15H17FN2/c1-18(14-9-7-13(16)8-10-14)15(11-17)12-5-3-2-4-6-12/h2-10,15H,11,17H2,1H3. The van der Waals surface area contributed by atoms with Crippen LogP contribution in [-0.4, -0.2) is 13.6 Å². The van der Waals surface area contributed by atoms with Gasteiger partial charge < -0.3 is 10.6 Å². The minimum atomic E-state index is -0.226. The van der Waals surface area contributed by atoms with Crippen LogP contribution in [0, 0.1) is 5.82 Å². The third kappa shape index (κ3) is 2.68. The van der Waals surface area contributed by atoms with Gasteiger partial charge in [-0.15, -0.1) is 0 Å². The average Bonchev–Trinajstić information content (AvgIpc) is 2.41. The molecule has 0 spiro atoms. The van der Waals surface area contributed by atoms with Crippen LogP contribution >= 0.6 is 0 Å². The van der Waals surface area contributed by atoms with Gasteiger partial charge in [0.05, 0.1) is 6.04 Å². The van der Waals surface area contributed by atoms with Gasteiger partial charge in [-0.25, -0.2) is 4.39 Å². The Morgan fingerprint density at radius 1 is 1.06 bits per heavy atom. The summed E-state index contributed by atoms with van der Waals surface area (Å²) in [5.74, 6) is -0.226. The van der Waals surface area contributed by atoms with Crippen molar-refractivity contribution < 1.29 is 4.39 Å². The van der Waals surface area contributed by atoms with Crippen molar-refractivity contribution in [3.63, 3.8) is 0 Å². The van der Waals surface area contributed by atoms with Crippen molar-refractivity contribution in [2.24, 2.45) is 5.73 Å². The Morgan fingerprint density at radius 2 is 1.67 bits per heavy atom. The lowest BCUT2D eigenvalue weighted by Gasteiger charge is -2.29. The molecule has 0 fully saturated rings. The van der Waals surface area contributed by atoms with E-state index in [4.69, 9.17) is 5.73 Å². The molecule has 1 unspecified atom stereocenters. The fourth-order valence-electron chi connectivity index (χ4n) is 2.05. The smallest absolute Gasteiger partial charge is 0.123 e. The van der Waals surface area contributed by atoms with Crippen LogP contribution in [0.3, 0.4) is 0 Å². The summed E-state index contributed by atoms with van der Waals surface area (Å²) >= 11 is 0. The maximum atomic E-state index is 12.9. The van der Waals surface area contributed by atoms with Gasteiger partial charge in [-0.3, -0.25) is 0 Å². The second kappa shape index (κ2) is 5.65. The summed E-state index contributed by atoms with van der Waals surface area (Å²) in [4.78, 5) is 2.06. The van der Waals surface area contributed by atoms with E-state index in [1.54, 1.807) is 12.1 Å². The molecule has 0 heterocycles. The molecule has 2 aromatic carbocycles. The van der Waals surface area contributed by atoms with E-state index < -0.39 is 0 Å².